The zero-order chi connectivity index (χ0) is 13.7. The Labute approximate surface area is 109 Å². The molecule has 0 atom stereocenters. The summed E-state index contributed by atoms with van der Waals surface area (Å²) in [6.45, 7) is 0.0796. The average molecular weight is 255 g/mol. The van der Waals surface area contributed by atoms with Crippen molar-refractivity contribution in [3.05, 3.63) is 63.8 Å². The predicted octanol–water partition coefficient (Wildman–Crippen LogP) is 2.44. The molecule has 0 aliphatic carbocycles. The van der Waals surface area contributed by atoms with E-state index in [0.29, 0.717) is 11.1 Å². The second kappa shape index (κ2) is 5.60. The number of ether oxygens (including phenoxy) is 1. The van der Waals surface area contributed by atoms with E-state index in [-0.39, 0.29) is 18.2 Å². The zero-order valence-electron chi connectivity index (χ0n) is 9.81. The van der Waals surface area contributed by atoms with Crippen LogP contribution in [0.15, 0.2) is 42.6 Å². The Morgan fingerprint density at radius 2 is 2.11 bits per heavy atom. The summed E-state index contributed by atoms with van der Waals surface area (Å²) in [5.41, 5.74) is 1.15. The smallest absolute Gasteiger partial charge is 0.406 e. The Kier molecular flexibility index (Phi) is 3.69. The van der Waals surface area contributed by atoms with Crippen LogP contribution < -0.4 is 4.74 Å². The Morgan fingerprint density at radius 1 is 1.32 bits per heavy atom. The summed E-state index contributed by atoms with van der Waals surface area (Å²) in [5.74, 6) is -0.253. The van der Waals surface area contributed by atoms with Crippen molar-refractivity contribution < 1.29 is 9.66 Å². The van der Waals surface area contributed by atoms with Crippen molar-refractivity contribution >= 4 is 5.82 Å². The summed E-state index contributed by atoms with van der Waals surface area (Å²) in [6, 6.07) is 12.0. The summed E-state index contributed by atoms with van der Waals surface area (Å²) < 4.78 is 5.37. The number of nitrogens with zero attached hydrogens (tertiary/aromatic N) is 3. The van der Waals surface area contributed by atoms with Crippen LogP contribution in [0.4, 0.5) is 5.82 Å². The number of hydrogen-bond donors (Lipinski definition) is 0. The third-order valence-corrected chi connectivity index (χ3v) is 2.44. The van der Waals surface area contributed by atoms with Gasteiger partial charge in [-0.25, -0.2) is 0 Å². The van der Waals surface area contributed by atoms with Crippen molar-refractivity contribution in [3.63, 3.8) is 0 Å². The molecule has 19 heavy (non-hydrogen) atoms. The first-order valence-corrected chi connectivity index (χ1v) is 5.42. The molecule has 0 saturated carbocycles. The maximum Gasteiger partial charge on any atom is 0.406 e. The molecule has 1 aromatic carbocycles. The minimum absolute atomic E-state index is 0.0796. The van der Waals surface area contributed by atoms with Gasteiger partial charge in [-0.15, -0.1) is 0 Å². The lowest BCUT2D eigenvalue weighted by atomic mass is 10.1. The van der Waals surface area contributed by atoms with Crippen molar-refractivity contribution in [1.82, 2.24) is 4.98 Å². The van der Waals surface area contributed by atoms with Gasteiger partial charge in [0.25, 0.3) is 0 Å². The van der Waals surface area contributed by atoms with Gasteiger partial charge in [-0.2, -0.15) is 5.26 Å². The Balaban J connectivity index is 2.20. The molecule has 1 aromatic heterocycles. The Morgan fingerprint density at radius 3 is 2.84 bits per heavy atom. The molecule has 1 heterocycles. The fraction of sp³-hybridized carbons (Fsp3) is 0.0769. The molecule has 0 unspecified atom stereocenters. The zero-order valence-corrected chi connectivity index (χ0v) is 9.81. The molecule has 6 heteroatoms. The number of rotatable bonds is 4. The van der Waals surface area contributed by atoms with Gasteiger partial charge in [0.2, 0.25) is 5.75 Å². The van der Waals surface area contributed by atoms with E-state index in [1.54, 1.807) is 30.3 Å². The SMILES string of the molecule is N#Cc1ccccc1COc1cccnc1[N+](=O)[O-]. The fourth-order valence-corrected chi connectivity index (χ4v) is 1.54. The first kappa shape index (κ1) is 12.5. The number of pyridine rings is 1. The normalized spacial score (nSPS) is 9.63. The molecule has 2 rings (SSSR count). The van der Waals surface area contributed by atoms with E-state index in [1.165, 1.54) is 12.3 Å². The molecule has 0 radical (unpaired) electrons. The van der Waals surface area contributed by atoms with Crippen molar-refractivity contribution in [2.45, 2.75) is 6.61 Å². The summed E-state index contributed by atoms with van der Waals surface area (Å²) in [7, 11) is 0. The van der Waals surface area contributed by atoms with E-state index in [0.717, 1.165) is 0 Å². The van der Waals surface area contributed by atoms with Crippen LogP contribution in [0.25, 0.3) is 0 Å². The molecule has 0 amide bonds. The highest BCUT2D eigenvalue weighted by molar-refractivity contribution is 5.40. The monoisotopic (exact) mass is 255 g/mol. The van der Waals surface area contributed by atoms with Gasteiger partial charge in [0.05, 0.1) is 11.6 Å². The van der Waals surface area contributed by atoms with E-state index >= 15 is 0 Å². The standard InChI is InChI=1S/C13H9N3O3/c14-8-10-4-1-2-5-11(10)9-19-12-6-3-7-15-13(12)16(17)18/h1-7H,9H2. The second-order valence-electron chi connectivity index (χ2n) is 3.64. The van der Waals surface area contributed by atoms with Crippen molar-refractivity contribution in [3.8, 4) is 11.8 Å². The van der Waals surface area contributed by atoms with E-state index in [1.807, 2.05) is 6.07 Å². The van der Waals surface area contributed by atoms with Crippen LogP contribution in [0.3, 0.4) is 0 Å². The Hall–Kier alpha value is -2.94. The van der Waals surface area contributed by atoms with Crippen LogP contribution in [-0.4, -0.2) is 9.91 Å². The number of aromatic nitrogens is 1. The molecule has 0 bridgehead atoms. The summed E-state index contributed by atoms with van der Waals surface area (Å²) >= 11 is 0. The van der Waals surface area contributed by atoms with Crippen LogP contribution >= 0.6 is 0 Å². The summed E-state index contributed by atoms with van der Waals surface area (Å²) in [4.78, 5) is 13.8. The lowest BCUT2D eigenvalue weighted by molar-refractivity contribution is -0.390. The van der Waals surface area contributed by atoms with Gasteiger partial charge in [0.1, 0.15) is 12.8 Å². The maximum atomic E-state index is 10.8. The predicted molar refractivity (Wildman–Crippen MR) is 66.4 cm³/mol. The first-order chi connectivity index (χ1) is 9.22. The highest BCUT2D eigenvalue weighted by Gasteiger charge is 2.15. The number of nitriles is 1. The van der Waals surface area contributed by atoms with Crippen LogP contribution in [0, 0.1) is 21.4 Å². The van der Waals surface area contributed by atoms with E-state index in [9.17, 15) is 10.1 Å². The van der Waals surface area contributed by atoms with Gasteiger partial charge in [0, 0.05) is 5.56 Å². The molecule has 94 valence electrons. The summed E-state index contributed by atoms with van der Waals surface area (Å²) in [5, 5.41) is 19.7. The minimum Gasteiger partial charge on any atom is -0.481 e. The van der Waals surface area contributed by atoms with E-state index in [2.05, 4.69) is 4.98 Å². The molecule has 0 aliphatic heterocycles. The van der Waals surface area contributed by atoms with Gasteiger partial charge in [0.15, 0.2) is 0 Å². The Bertz CT molecular complexity index is 650. The average Bonchev–Trinajstić information content (AvgIpc) is 2.45. The molecular formula is C13H9N3O3. The maximum absolute atomic E-state index is 10.8. The minimum atomic E-state index is -0.606. The van der Waals surface area contributed by atoms with Crippen LogP contribution in [-0.2, 0) is 6.61 Å². The van der Waals surface area contributed by atoms with Gasteiger partial charge in [-0.1, -0.05) is 18.2 Å². The molecule has 0 saturated heterocycles. The summed E-state index contributed by atoms with van der Waals surface area (Å²) in [6.07, 6.45) is 1.33. The van der Waals surface area contributed by atoms with E-state index in [4.69, 9.17) is 10.00 Å². The number of hydrogen-bond acceptors (Lipinski definition) is 5. The van der Waals surface area contributed by atoms with Crippen LogP contribution in [0.2, 0.25) is 0 Å². The highest BCUT2D eigenvalue weighted by Crippen LogP contribution is 2.24. The van der Waals surface area contributed by atoms with E-state index < -0.39 is 4.92 Å². The first-order valence-electron chi connectivity index (χ1n) is 5.42. The van der Waals surface area contributed by atoms with Gasteiger partial charge < -0.3 is 14.9 Å². The van der Waals surface area contributed by atoms with Crippen LogP contribution in [0.1, 0.15) is 11.1 Å². The second-order valence-corrected chi connectivity index (χ2v) is 3.64. The van der Waals surface area contributed by atoms with Crippen molar-refractivity contribution in [2.24, 2.45) is 0 Å². The lowest BCUT2D eigenvalue weighted by Gasteiger charge is -2.07. The van der Waals surface area contributed by atoms with Crippen molar-refractivity contribution in [2.75, 3.05) is 0 Å². The van der Waals surface area contributed by atoms with Gasteiger partial charge >= 0.3 is 5.82 Å². The van der Waals surface area contributed by atoms with Gasteiger partial charge in [-0.3, -0.25) is 0 Å². The quantitative estimate of drug-likeness (QED) is 0.618. The third kappa shape index (κ3) is 2.84. The van der Waals surface area contributed by atoms with Crippen LogP contribution in [0.5, 0.6) is 5.75 Å². The number of nitro groups is 1. The number of benzene rings is 1. The molecule has 0 fully saturated rings. The molecule has 6 nitrogen and oxygen atoms in total. The third-order valence-electron chi connectivity index (χ3n) is 2.44. The van der Waals surface area contributed by atoms with Crippen molar-refractivity contribution in [1.29, 1.82) is 5.26 Å². The molecule has 0 spiro atoms. The largest absolute Gasteiger partial charge is 0.481 e. The lowest BCUT2D eigenvalue weighted by Crippen LogP contribution is -2.01. The van der Waals surface area contributed by atoms with Gasteiger partial charge in [-0.05, 0) is 28.1 Å². The molecular weight excluding hydrogens is 246 g/mol. The highest BCUT2D eigenvalue weighted by atomic mass is 16.6. The molecule has 0 aliphatic rings. The topological polar surface area (TPSA) is 89.0 Å². The fourth-order valence-electron chi connectivity index (χ4n) is 1.54. The molecule has 0 N–H and O–H groups in total. The molecule has 2 aromatic rings.